The lowest BCUT2D eigenvalue weighted by atomic mass is 10.3. The summed E-state index contributed by atoms with van der Waals surface area (Å²) in [5.74, 6) is -2.50. The Hall–Kier alpha value is -1.10. The molecule has 0 spiro atoms. The van der Waals surface area contributed by atoms with Gasteiger partial charge in [-0.3, -0.25) is 14.4 Å². The molecule has 0 amide bonds. The Morgan fingerprint density at radius 3 is 0.944 bits per heavy atom. The smallest absolute Gasteiger partial charge is 0.300 e. The van der Waals surface area contributed by atoms with Crippen LogP contribution in [-0.2, 0) is 14.4 Å². The highest BCUT2D eigenvalue weighted by atomic mass is 27.0. The van der Waals surface area contributed by atoms with Crippen molar-refractivity contribution in [2.45, 2.75) is 47.1 Å². The summed E-state index contributed by atoms with van der Waals surface area (Å²) in [5, 5.41) is 30.6. The molecule has 110 valence electrons. The molecule has 0 aromatic rings. The Labute approximate surface area is 118 Å². The second-order valence-electron chi connectivity index (χ2n) is 2.81. The minimum atomic E-state index is -0.833. The summed E-state index contributed by atoms with van der Waals surface area (Å²) >= 11 is 0. The Morgan fingerprint density at radius 1 is 0.889 bits per heavy atom. The predicted octanol–water partition coefficient (Wildman–Crippen LogP) is -0.134. The van der Waals surface area contributed by atoms with E-state index in [-0.39, 0.29) is 23.5 Å². The van der Waals surface area contributed by atoms with Crippen LogP contribution in [0.3, 0.4) is 0 Å². The van der Waals surface area contributed by atoms with Crippen molar-refractivity contribution in [2.75, 3.05) is 0 Å². The summed E-state index contributed by atoms with van der Waals surface area (Å²) in [5.41, 5.74) is 0. The normalized spacial score (nSPS) is 8.33. The number of hydrogen-bond donors (Lipinski definition) is 4. The van der Waals surface area contributed by atoms with E-state index in [1.807, 2.05) is 6.92 Å². The quantitative estimate of drug-likeness (QED) is 0.493. The molecule has 0 aliphatic carbocycles. The number of aliphatic hydroxyl groups is 1. The van der Waals surface area contributed by atoms with E-state index in [0.717, 1.165) is 27.2 Å². The van der Waals surface area contributed by atoms with Gasteiger partial charge in [0.2, 0.25) is 0 Å². The zero-order valence-electron chi connectivity index (χ0n) is 10.8. The van der Waals surface area contributed by atoms with Gasteiger partial charge in [-0.15, -0.1) is 0 Å². The SMILES string of the molecule is CC(=O)O.CC(=O)O.CC(=O)O.CCC(C)O.[AlH3]. The van der Waals surface area contributed by atoms with Gasteiger partial charge in [-0.2, -0.15) is 0 Å². The van der Waals surface area contributed by atoms with Crippen LogP contribution in [0.2, 0.25) is 0 Å². The van der Waals surface area contributed by atoms with Gasteiger partial charge in [-0.05, 0) is 13.3 Å². The molecule has 0 rings (SSSR count). The Bertz CT molecular complexity index is 164. The van der Waals surface area contributed by atoms with Crippen molar-refractivity contribution in [1.82, 2.24) is 0 Å². The first kappa shape index (κ1) is 30.2. The molecule has 0 saturated heterocycles. The summed E-state index contributed by atoms with van der Waals surface area (Å²) in [6, 6.07) is 0. The lowest BCUT2D eigenvalue weighted by Gasteiger charge is -1.90. The summed E-state index contributed by atoms with van der Waals surface area (Å²) < 4.78 is 0. The monoisotopic (exact) mass is 284 g/mol. The summed E-state index contributed by atoms with van der Waals surface area (Å²) in [6.45, 7) is 6.98. The molecule has 0 radical (unpaired) electrons. The molecule has 0 heterocycles. The van der Waals surface area contributed by atoms with E-state index >= 15 is 0 Å². The molecule has 0 aliphatic heterocycles. The van der Waals surface area contributed by atoms with Gasteiger partial charge < -0.3 is 20.4 Å². The number of carboxylic acid groups (broad SMARTS) is 3. The second kappa shape index (κ2) is 24.9. The Balaban J connectivity index is -0.0000000412. The first-order valence-corrected chi connectivity index (χ1v) is 4.73. The molecule has 0 aromatic heterocycles. The van der Waals surface area contributed by atoms with Crippen molar-refractivity contribution in [1.29, 1.82) is 0 Å². The maximum absolute atomic E-state index is 9.00. The highest BCUT2D eigenvalue weighted by molar-refractivity contribution is 5.75. The van der Waals surface area contributed by atoms with Crippen molar-refractivity contribution in [2.24, 2.45) is 0 Å². The molecule has 18 heavy (non-hydrogen) atoms. The highest BCUT2D eigenvalue weighted by Crippen LogP contribution is 1.81. The molecule has 0 aliphatic rings. The molecule has 0 aromatic carbocycles. The van der Waals surface area contributed by atoms with E-state index in [1.165, 1.54) is 0 Å². The van der Waals surface area contributed by atoms with Gasteiger partial charge in [0.25, 0.3) is 17.9 Å². The number of carbonyl (C=O) groups is 3. The third-order valence-electron chi connectivity index (χ3n) is 0.591. The van der Waals surface area contributed by atoms with Gasteiger partial charge in [-0.25, -0.2) is 0 Å². The van der Waals surface area contributed by atoms with Crippen LogP contribution in [0.4, 0.5) is 0 Å². The number of aliphatic hydroxyl groups excluding tert-OH is 1. The molecule has 0 fully saturated rings. The molecule has 7 nitrogen and oxygen atoms in total. The van der Waals surface area contributed by atoms with E-state index in [1.54, 1.807) is 6.92 Å². The number of rotatable bonds is 1. The zero-order valence-corrected chi connectivity index (χ0v) is 10.8. The van der Waals surface area contributed by atoms with Crippen molar-refractivity contribution >= 4 is 35.3 Å². The summed E-state index contributed by atoms with van der Waals surface area (Å²) in [4.78, 5) is 27.0. The maximum atomic E-state index is 9.00. The van der Waals surface area contributed by atoms with E-state index in [2.05, 4.69) is 0 Å². The van der Waals surface area contributed by atoms with Crippen molar-refractivity contribution in [3.8, 4) is 0 Å². The van der Waals surface area contributed by atoms with E-state index < -0.39 is 17.9 Å². The zero-order chi connectivity index (χ0) is 15.0. The van der Waals surface area contributed by atoms with Crippen LogP contribution in [0.15, 0.2) is 0 Å². The van der Waals surface area contributed by atoms with Gasteiger partial charge in [0, 0.05) is 20.8 Å². The lowest BCUT2D eigenvalue weighted by Crippen LogP contribution is -1.93. The molecule has 0 bridgehead atoms. The third-order valence-corrected chi connectivity index (χ3v) is 0.591. The number of aliphatic carboxylic acids is 3. The molecule has 0 saturated carbocycles. The first-order chi connectivity index (χ1) is 7.47. The number of carboxylic acids is 3. The van der Waals surface area contributed by atoms with Gasteiger partial charge in [-0.1, -0.05) is 6.92 Å². The van der Waals surface area contributed by atoms with Gasteiger partial charge in [0.15, 0.2) is 17.4 Å². The number of hydrogen-bond acceptors (Lipinski definition) is 4. The maximum Gasteiger partial charge on any atom is 0.300 e. The average Bonchev–Trinajstić information content (AvgIpc) is 2.00. The first-order valence-electron chi connectivity index (χ1n) is 4.73. The molecular weight excluding hydrogens is 259 g/mol. The summed E-state index contributed by atoms with van der Waals surface area (Å²) in [7, 11) is 0. The standard InChI is InChI=1S/C4H10O.3C2H4O2.Al.3H/c1-3-4(2)5;3*1-2(3)4;;;;/h4-5H,3H2,1-2H3;3*1H3,(H,3,4);;;;. The molecular formula is C10H25AlO7. The van der Waals surface area contributed by atoms with Gasteiger partial charge >= 0.3 is 0 Å². The third kappa shape index (κ3) is 3540. The van der Waals surface area contributed by atoms with E-state index in [0.29, 0.717) is 0 Å². The van der Waals surface area contributed by atoms with Crippen LogP contribution in [0.25, 0.3) is 0 Å². The van der Waals surface area contributed by atoms with E-state index in [9.17, 15) is 0 Å². The van der Waals surface area contributed by atoms with Crippen LogP contribution < -0.4 is 0 Å². The Morgan fingerprint density at radius 2 is 0.944 bits per heavy atom. The van der Waals surface area contributed by atoms with Gasteiger partial charge in [0.05, 0.1) is 6.10 Å². The van der Waals surface area contributed by atoms with E-state index in [4.69, 9.17) is 34.8 Å². The minimum Gasteiger partial charge on any atom is -0.481 e. The average molecular weight is 284 g/mol. The van der Waals surface area contributed by atoms with Crippen molar-refractivity contribution < 1.29 is 34.8 Å². The van der Waals surface area contributed by atoms with Crippen molar-refractivity contribution in [3.05, 3.63) is 0 Å². The minimum absolute atomic E-state index is 0. The van der Waals surface area contributed by atoms with Gasteiger partial charge in [0.1, 0.15) is 0 Å². The lowest BCUT2D eigenvalue weighted by molar-refractivity contribution is -0.135. The highest BCUT2D eigenvalue weighted by Gasteiger charge is 1.81. The molecule has 8 heteroatoms. The second-order valence-corrected chi connectivity index (χ2v) is 2.81. The topological polar surface area (TPSA) is 132 Å². The fourth-order valence-corrected chi connectivity index (χ4v) is 0. The Kier molecular flexibility index (Phi) is 41.8. The molecule has 1 unspecified atom stereocenters. The van der Waals surface area contributed by atoms with Crippen LogP contribution >= 0.6 is 0 Å². The van der Waals surface area contributed by atoms with Crippen LogP contribution in [0.5, 0.6) is 0 Å². The largest absolute Gasteiger partial charge is 0.481 e. The van der Waals surface area contributed by atoms with Crippen LogP contribution in [-0.4, -0.2) is 61.8 Å². The van der Waals surface area contributed by atoms with Crippen molar-refractivity contribution in [3.63, 3.8) is 0 Å². The molecule has 4 N–H and O–H groups in total. The van der Waals surface area contributed by atoms with Crippen LogP contribution in [0, 0.1) is 0 Å². The summed E-state index contributed by atoms with van der Waals surface area (Å²) in [6.07, 6.45) is 0.745. The predicted molar refractivity (Wildman–Crippen MR) is 71.8 cm³/mol. The fraction of sp³-hybridized carbons (Fsp3) is 0.700. The van der Waals surface area contributed by atoms with Crippen LogP contribution in [0.1, 0.15) is 41.0 Å². The molecule has 1 atom stereocenters. The fourth-order valence-electron chi connectivity index (χ4n) is 0.